The van der Waals surface area contributed by atoms with Crippen LogP contribution in [0.5, 0.6) is 0 Å². The zero-order chi connectivity index (χ0) is 48.4. The zero-order valence-electron chi connectivity index (χ0n) is 36.4. The van der Waals surface area contributed by atoms with Crippen LogP contribution in [0.15, 0.2) is 54.6 Å². The highest BCUT2D eigenvalue weighted by molar-refractivity contribution is 5.97. The number of amides is 6. The van der Waals surface area contributed by atoms with Crippen molar-refractivity contribution in [1.82, 2.24) is 31.9 Å². The van der Waals surface area contributed by atoms with E-state index in [0.717, 1.165) is 0 Å². The van der Waals surface area contributed by atoms with Gasteiger partial charge in [-0.1, -0.05) is 89.2 Å². The molecule has 0 saturated heterocycles. The van der Waals surface area contributed by atoms with Crippen molar-refractivity contribution < 1.29 is 71.3 Å². The van der Waals surface area contributed by atoms with Crippen LogP contribution in [0.2, 0.25) is 0 Å². The van der Waals surface area contributed by atoms with Crippen LogP contribution in [0.25, 0.3) is 0 Å². The van der Waals surface area contributed by atoms with Gasteiger partial charge in [-0.2, -0.15) is 13.2 Å². The number of alkyl carbamates (subject to hydrolysis) is 1. The van der Waals surface area contributed by atoms with Crippen LogP contribution in [0, 0.1) is 18.3 Å². The molecule has 0 aliphatic heterocycles. The summed E-state index contributed by atoms with van der Waals surface area (Å²) >= 11 is 0. The van der Waals surface area contributed by atoms with E-state index in [-0.39, 0.29) is 31.7 Å². The Morgan fingerprint density at radius 1 is 0.688 bits per heavy atom. The number of carboxylic acid groups (broad SMARTS) is 2. The fraction of sp³-hybridized carbons (Fsp3) is 0.512. The molecular weight excluding hydrogens is 849 g/mol. The van der Waals surface area contributed by atoms with Crippen LogP contribution in [0.3, 0.4) is 0 Å². The lowest BCUT2D eigenvalue weighted by molar-refractivity contribution is -0.147. The molecule has 2 aromatic rings. The fourth-order valence-corrected chi connectivity index (χ4v) is 6.18. The molecule has 18 nitrogen and oxygen atoms in total. The summed E-state index contributed by atoms with van der Waals surface area (Å²) in [6, 6.07) is 5.21. The van der Waals surface area contributed by atoms with E-state index < -0.39 is 121 Å². The maximum Gasteiger partial charge on any atom is 0.408 e. The molecule has 0 aromatic heterocycles. The van der Waals surface area contributed by atoms with Gasteiger partial charge in [0, 0.05) is 12.8 Å². The lowest BCUT2D eigenvalue weighted by atomic mass is 9.85. The number of ether oxygens (including phenoxy) is 1. The van der Waals surface area contributed by atoms with E-state index >= 15 is 0 Å². The molecule has 21 heteroatoms. The molecule has 1 unspecified atom stereocenters. The van der Waals surface area contributed by atoms with Gasteiger partial charge < -0.3 is 51.6 Å². The number of nitrogens with one attached hydrogen (secondary N) is 6. The Hall–Kier alpha value is -6.54. The standard InChI is InChI=1S/C43H57F3N6O12/c1-24(2)18-30(37(59)47-28(22-53)21-43(44,45)46)50-40(62)35(42(4,5)6)52-39(61)31(19-27-15-11-10-12-25(27)3)49-36(58)29(16-17-33(54)55)48-38(60)32(20-34(56)57)51-41(63)64-23-26-13-8-7-9-14-26/h7-15,22,24,28-32,35H,16-21,23H2,1-6H3,(H,47,59)(H,48,60)(H,49,58)(H,50,62)(H,51,63)(H,52,61)(H,54,55)(H,56,57)/t28?,29-,30-,31-,32-,35+/m0/s1. The highest BCUT2D eigenvalue weighted by atomic mass is 19.4. The average Bonchev–Trinajstić information content (AvgIpc) is 3.19. The largest absolute Gasteiger partial charge is 0.481 e. The van der Waals surface area contributed by atoms with E-state index in [0.29, 0.717) is 16.7 Å². The van der Waals surface area contributed by atoms with E-state index in [1.165, 1.54) is 0 Å². The van der Waals surface area contributed by atoms with Crippen LogP contribution >= 0.6 is 0 Å². The first-order valence-corrected chi connectivity index (χ1v) is 20.3. The normalized spacial score (nSPS) is 14.3. The van der Waals surface area contributed by atoms with Gasteiger partial charge in [0.15, 0.2) is 0 Å². The van der Waals surface area contributed by atoms with E-state index in [1.54, 1.807) is 96.1 Å². The number of aldehydes is 1. The van der Waals surface area contributed by atoms with Crippen LogP contribution in [0.4, 0.5) is 18.0 Å². The Balaban J connectivity index is 2.44. The monoisotopic (exact) mass is 906 g/mol. The van der Waals surface area contributed by atoms with Crippen LogP contribution in [-0.2, 0) is 56.1 Å². The minimum absolute atomic E-state index is 0.0756. The molecule has 6 amide bonds. The van der Waals surface area contributed by atoms with Gasteiger partial charge in [0.1, 0.15) is 43.1 Å². The second-order valence-electron chi connectivity index (χ2n) is 16.6. The van der Waals surface area contributed by atoms with Crippen molar-refractivity contribution >= 4 is 53.9 Å². The quantitative estimate of drug-likeness (QED) is 0.0707. The van der Waals surface area contributed by atoms with E-state index in [9.17, 15) is 66.5 Å². The highest BCUT2D eigenvalue weighted by Crippen LogP contribution is 2.23. The maximum atomic E-state index is 14.3. The van der Waals surface area contributed by atoms with Gasteiger partial charge in [0.25, 0.3) is 0 Å². The summed E-state index contributed by atoms with van der Waals surface area (Å²) in [7, 11) is 0. The minimum Gasteiger partial charge on any atom is -0.481 e. The summed E-state index contributed by atoms with van der Waals surface area (Å²) in [5.41, 5.74) is 0.682. The highest BCUT2D eigenvalue weighted by Gasteiger charge is 2.39. The first kappa shape index (κ1) is 53.6. The number of rotatable bonds is 24. The number of halogens is 3. The number of alkyl halides is 3. The molecule has 0 radical (unpaired) electrons. The van der Waals surface area contributed by atoms with Crippen molar-refractivity contribution in [1.29, 1.82) is 0 Å². The number of aryl methyl sites for hydroxylation is 1. The molecule has 0 bridgehead atoms. The zero-order valence-corrected chi connectivity index (χ0v) is 36.4. The Kier molecular flexibility index (Phi) is 20.9. The summed E-state index contributed by atoms with van der Waals surface area (Å²) in [6.45, 7) is 9.53. The lowest BCUT2D eigenvalue weighted by Gasteiger charge is -2.34. The Bertz CT molecular complexity index is 1960. The number of aliphatic carboxylic acids is 2. The Labute approximate surface area is 368 Å². The summed E-state index contributed by atoms with van der Waals surface area (Å²) in [5.74, 6) is -8.47. The van der Waals surface area contributed by atoms with Crippen molar-refractivity contribution in [3.8, 4) is 0 Å². The maximum absolute atomic E-state index is 14.3. The first-order valence-electron chi connectivity index (χ1n) is 20.3. The topological polar surface area (TPSA) is 275 Å². The summed E-state index contributed by atoms with van der Waals surface area (Å²) in [4.78, 5) is 116. The van der Waals surface area contributed by atoms with Crippen molar-refractivity contribution in [3.63, 3.8) is 0 Å². The van der Waals surface area contributed by atoms with Gasteiger partial charge in [-0.3, -0.25) is 33.6 Å². The molecule has 64 heavy (non-hydrogen) atoms. The predicted octanol–water partition coefficient (Wildman–Crippen LogP) is 2.84. The molecule has 0 fully saturated rings. The van der Waals surface area contributed by atoms with Crippen molar-refractivity contribution in [3.05, 3.63) is 71.3 Å². The minimum atomic E-state index is -4.79. The molecule has 2 rings (SSSR count). The van der Waals surface area contributed by atoms with Gasteiger partial charge in [0.2, 0.25) is 29.5 Å². The third-order valence-corrected chi connectivity index (χ3v) is 9.50. The van der Waals surface area contributed by atoms with Crippen molar-refractivity contribution in [2.45, 2.75) is 129 Å². The van der Waals surface area contributed by atoms with E-state index in [4.69, 9.17) is 4.74 Å². The summed E-state index contributed by atoms with van der Waals surface area (Å²) < 4.78 is 44.3. The Morgan fingerprint density at radius 3 is 1.78 bits per heavy atom. The number of carbonyl (C=O) groups excluding carboxylic acids is 7. The molecule has 0 spiro atoms. The van der Waals surface area contributed by atoms with E-state index in [1.807, 2.05) is 5.32 Å². The molecule has 352 valence electrons. The number of benzene rings is 2. The molecule has 0 heterocycles. The molecule has 0 saturated carbocycles. The third-order valence-electron chi connectivity index (χ3n) is 9.50. The smallest absolute Gasteiger partial charge is 0.408 e. The fourth-order valence-electron chi connectivity index (χ4n) is 6.18. The Morgan fingerprint density at radius 2 is 1.23 bits per heavy atom. The molecule has 8 N–H and O–H groups in total. The first-order chi connectivity index (χ1) is 29.8. The van der Waals surface area contributed by atoms with Gasteiger partial charge in [-0.15, -0.1) is 0 Å². The number of hydrogen-bond donors (Lipinski definition) is 8. The third kappa shape index (κ3) is 19.7. The second-order valence-corrected chi connectivity index (χ2v) is 16.6. The molecule has 0 aliphatic carbocycles. The predicted molar refractivity (Wildman–Crippen MR) is 223 cm³/mol. The summed E-state index contributed by atoms with van der Waals surface area (Å²) in [6.07, 6.45) is -10.2. The average molecular weight is 907 g/mol. The van der Waals surface area contributed by atoms with Gasteiger partial charge >= 0.3 is 24.2 Å². The van der Waals surface area contributed by atoms with Crippen LogP contribution in [-0.4, -0.2) is 106 Å². The molecule has 0 aliphatic rings. The number of carboxylic acids is 2. The molecule has 6 atom stereocenters. The number of carbonyl (C=O) groups is 9. The van der Waals surface area contributed by atoms with Gasteiger partial charge in [-0.25, -0.2) is 4.79 Å². The SMILES string of the molecule is Cc1ccccc1C[C@H](NC(=O)[C@H](CCC(=O)O)NC(=O)[C@H](CC(=O)O)NC(=O)OCc1ccccc1)C(=O)N[C@H](C(=O)N[C@@H](CC(C)C)C(=O)NC(C=O)CC(F)(F)F)C(C)(C)C. The molecular formula is C43H57F3N6O12. The molecule has 2 aromatic carbocycles. The van der Waals surface area contributed by atoms with Crippen LogP contribution < -0.4 is 31.9 Å². The number of hydrogen-bond acceptors (Lipinski definition) is 10. The van der Waals surface area contributed by atoms with Crippen molar-refractivity contribution in [2.24, 2.45) is 11.3 Å². The van der Waals surface area contributed by atoms with Gasteiger partial charge in [-0.05, 0) is 47.8 Å². The van der Waals surface area contributed by atoms with Gasteiger partial charge in [0.05, 0.1) is 18.9 Å². The lowest BCUT2D eigenvalue weighted by Crippen LogP contribution is -2.62. The summed E-state index contributed by atoms with van der Waals surface area (Å²) in [5, 5.41) is 32.9. The van der Waals surface area contributed by atoms with Crippen LogP contribution in [0.1, 0.15) is 83.4 Å². The van der Waals surface area contributed by atoms with Crippen molar-refractivity contribution in [2.75, 3.05) is 0 Å². The second kappa shape index (κ2) is 24.9. The van der Waals surface area contributed by atoms with E-state index in [2.05, 4.69) is 26.6 Å².